The molecule has 0 saturated carbocycles. The van der Waals surface area contributed by atoms with Crippen LogP contribution in [0.25, 0.3) is 6.08 Å². The van der Waals surface area contributed by atoms with E-state index in [-0.39, 0.29) is 0 Å². The van der Waals surface area contributed by atoms with Crippen LogP contribution in [0.2, 0.25) is 0 Å². The van der Waals surface area contributed by atoms with Gasteiger partial charge in [0.1, 0.15) is 0 Å². The second kappa shape index (κ2) is 5.33. The van der Waals surface area contributed by atoms with Crippen molar-refractivity contribution in [3.8, 4) is 0 Å². The summed E-state index contributed by atoms with van der Waals surface area (Å²) in [4.78, 5) is 0. The van der Waals surface area contributed by atoms with Gasteiger partial charge in [-0.25, -0.2) is 0 Å². The molecule has 0 heterocycles. The normalized spacial score (nSPS) is 13.0. The van der Waals surface area contributed by atoms with Crippen molar-refractivity contribution < 1.29 is 5.11 Å². The second-order valence-corrected chi connectivity index (χ2v) is 2.86. The number of hydrogen-bond acceptors (Lipinski definition) is 1. The summed E-state index contributed by atoms with van der Waals surface area (Å²) in [7, 11) is 0. The fourth-order valence-corrected chi connectivity index (χ4v) is 1.04. The summed E-state index contributed by atoms with van der Waals surface area (Å²) in [6.07, 6.45) is 5.58. The minimum atomic E-state index is -0.419. The van der Waals surface area contributed by atoms with E-state index in [1.54, 1.807) is 12.2 Å². The van der Waals surface area contributed by atoms with Gasteiger partial charge in [0.25, 0.3) is 0 Å². The second-order valence-electron chi connectivity index (χ2n) is 2.86. The zero-order valence-corrected chi connectivity index (χ0v) is 7.56. The predicted octanol–water partition coefficient (Wildman–Crippen LogP) is 2.64. The van der Waals surface area contributed by atoms with Crippen molar-refractivity contribution in [2.24, 2.45) is 0 Å². The van der Waals surface area contributed by atoms with Gasteiger partial charge in [0.05, 0.1) is 6.10 Å². The van der Waals surface area contributed by atoms with Crippen molar-refractivity contribution in [1.82, 2.24) is 0 Å². The summed E-state index contributed by atoms with van der Waals surface area (Å²) in [6.45, 7) is 3.56. The Labute approximate surface area is 79.0 Å². The molecule has 68 valence electrons. The molecule has 1 aromatic carbocycles. The molecule has 0 spiro atoms. The largest absolute Gasteiger partial charge is 0.389 e. The number of hydrogen-bond donors (Lipinski definition) is 1. The number of aliphatic hydroxyl groups is 1. The molecule has 1 heteroatoms. The molecule has 0 aliphatic carbocycles. The molecule has 1 aromatic rings. The zero-order valence-electron chi connectivity index (χ0n) is 7.56. The monoisotopic (exact) mass is 174 g/mol. The van der Waals surface area contributed by atoms with Crippen LogP contribution in [0.1, 0.15) is 12.0 Å². The van der Waals surface area contributed by atoms with E-state index >= 15 is 0 Å². The van der Waals surface area contributed by atoms with Gasteiger partial charge in [-0.05, 0) is 12.0 Å². The van der Waals surface area contributed by atoms with Crippen molar-refractivity contribution >= 4 is 6.08 Å². The van der Waals surface area contributed by atoms with Crippen LogP contribution in [-0.2, 0) is 0 Å². The quantitative estimate of drug-likeness (QED) is 0.696. The van der Waals surface area contributed by atoms with E-state index in [4.69, 9.17) is 0 Å². The summed E-state index contributed by atoms with van der Waals surface area (Å²) in [5.74, 6) is 0. The van der Waals surface area contributed by atoms with Gasteiger partial charge in [0.15, 0.2) is 0 Å². The Bertz CT molecular complexity index is 274. The fourth-order valence-electron chi connectivity index (χ4n) is 1.04. The molecule has 1 N–H and O–H groups in total. The zero-order chi connectivity index (χ0) is 9.52. The molecule has 0 aliphatic heterocycles. The maximum atomic E-state index is 9.35. The van der Waals surface area contributed by atoms with Crippen molar-refractivity contribution in [1.29, 1.82) is 0 Å². The van der Waals surface area contributed by atoms with E-state index in [0.717, 1.165) is 5.56 Å². The average molecular weight is 174 g/mol. The molecule has 1 rings (SSSR count). The third-order valence-electron chi connectivity index (χ3n) is 1.72. The smallest absolute Gasteiger partial charge is 0.0758 e. The standard InChI is InChI=1S/C12H14O/c1-2-6-12(13)10-9-11-7-4-3-5-8-11/h2-5,7-10,12-13H,1,6H2/t12-/m1/s1. The first-order chi connectivity index (χ1) is 6.33. The van der Waals surface area contributed by atoms with E-state index in [9.17, 15) is 5.11 Å². The first kappa shape index (κ1) is 9.75. The van der Waals surface area contributed by atoms with Crippen molar-refractivity contribution in [2.75, 3.05) is 0 Å². The van der Waals surface area contributed by atoms with Crippen LogP contribution in [0, 0.1) is 0 Å². The highest BCUT2D eigenvalue weighted by atomic mass is 16.3. The van der Waals surface area contributed by atoms with Gasteiger partial charge < -0.3 is 5.11 Å². The molecule has 0 fully saturated rings. The summed E-state index contributed by atoms with van der Waals surface area (Å²) in [5, 5.41) is 9.35. The van der Waals surface area contributed by atoms with E-state index < -0.39 is 6.10 Å². The predicted molar refractivity (Wildman–Crippen MR) is 56.3 cm³/mol. The average Bonchev–Trinajstić information content (AvgIpc) is 2.17. The van der Waals surface area contributed by atoms with Gasteiger partial charge in [0, 0.05) is 0 Å². The third-order valence-corrected chi connectivity index (χ3v) is 1.72. The molecule has 1 nitrogen and oxygen atoms in total. The number of aliphatic hydroxyl groups excluding tert-OH is 1. The van der Waals surface area contributed by atoms with Gasteiger partial charge in [-0.1, -0.05) is 48.6 Å². The van der Waals surface area contributed by atoms with Crippen LogP contribution in [0.5, 0.6) is 0 Å². The molecular weight excluding hydrogens is 160 g/mol. The van der Waals surface area contributed by atoms with Crippen LogP contribution in [-0.4, -0.2) is 11.2 Å². The molecular formula is C12H14O. The molecule has 0 aromatic heterocycles. The van der Waals surface area contributed by atoms with Crippen LogP contribution >= 0.6 is 0 Å². The SMILES string of the molecule is C=CC[C@@H](O)C=Cc1ccccc1. The Morgan fingerprint density at radius 3 is 2.62 bits per heavy atom. The number of rotatable bonds is 4. The molecule has 0 aliphatic rings. The minimum absolute atomic E-state index is 0.419. The van der Waals surface area contributed by atoms with E-state index in [1.165, 1.54) is 0 Å². The minimum Gasteiger partial charge on any atom is -0.389 e. The maximum absolute atomic E-state index is 9.35. The molecule has 0 unspecified atom stereocenters. The van der Waals surface area contributed by atoms with E-state index in [2.05, 4.69) is 6.58 Å². The van der Waals surface area contributed by atoms with Crippen molar-refractivity contribution in [3.05, 3.63) is 54.6 Å². The highest BCUT2D eigenvalue weighted by molar-refractivity contribution is 5.49. The molecule has 0 amide bonds. The summed E-state index contributed by atoms with van der Waals surface area (Å²) < 4.78 is 0. The molecule has 0 radical (unpaired) electrons. The number of benzene rings is 1. The van der Waals surface area contributed by atoms with Gasteiger partial charge in [-0.15, -0.1) is 6.58 Å². The molecule has 13 heavy (non-hydrogen) atoms. The lowest BCUT2D eigenvalue weighted by Gasteiger charge is -1.99. The first-order valence-electron chi connectivity index (χ1n) is 4.35. The Balaban J connectivity index is 2.53. The van der Waals surface area contributed by atoms with Gasteiger partial charge >= 0.3 is 0 Å². The summed E-state index contributed by atoms with van der Waals surface area (Å²) in [5.41, 5.74) is 1.10. The highest BCUT2D eigenvalue weighted by Gasteiger charge is 1.93. The molecule has 0 bridgehead atoms. The lowest BCUT2D eigenvalue weighted by atomic mass is 10.1. The van der Waals surface area contributed by atoms with E-state index in [1.807, 2.05) is 36.4 Å². The Kier molecular flexibility index (Phi) is 4.00. The van der Waals surface area contributed by atoms with Crippen LogP contribution < -0.4 is 0 Å². The van der Waals surface area contributed by atoms with Gasteiger partial charge in [0.2, 0.25) is 0 Å². The first-order valence-corrected chi connectivity index (χ1v) is 4.35. The highest BCUT2D eigenvalue weighted by Crippen LogP contribution is 2.03. The van der Waals surface area contributed by atoms with E-state index in [0.29, 0.717) is 6.42 Å². The Hall–Kier alpha value is -1.34. The lowest BCUT2D eigenvalue weighted by molar-refractivity contribution is 0.228. The fraction of sp³-hybridized carbons (Fsp3) is 0.167. The van der Waals surface area contributed by atoms with Gasteiger partial charge in [-0.2, -0.15) is 0 Å². The topological polar surface area (TPSA) is 20.2 Å². The van der Waals surface area contributed by atoms with Crippen LogP contribution in [0.15, 0.2) is 49.1 Å². The van der Waals surface area contributed by atoms with Crippen LogP contribution in [0.4, 0.5) is 0 Å². The molecule has 0 saturated heterocycles. The van der Waals surface area contributed by atoms with Crippen molar-refractivity contribution in [2.45, 2.75) is 12.5 Å². The summed E-state index contributed by atoms with van der Waals surface area (Å²) in [6, 6.07) is 9.91. The third kappa shape index (κ3) is 3.72. The Morgan fingerprint density at radius 2 is 2.00 bits per heavy atom. The van der Waals surface area contributed by atoms with Crippen molar-refractivity contribution in [3.63, 3.8) is 0 Å². The summed E-state index contributed by atoms with van der Waals surface area (Å²) >= 11 is 0. The van der Waals surface area contributed by atoms with Gasteiger partial charge in [-0.3, -0.25) is 0 Å². The molecule has 1 atom stereocenters. The lowest BCUT2D eigenvalue weighted by Crippen LogP contribution is -1.98. The maximum Gasteiger partial charge on any atom is 0.0758 e. The van der Waals surface area contributed by atoms with Crippen LogP contribution in [0.3, 0.4) is 0 Å². The Morgan fingerprint density at radius 1 is 1.31 bits per heavy atom.